The molecule has 0 aromatic heterocycles. The molecule has 0 aliphatic carbocycles. The summed E-state index contributed by atoms with van der Waals surface area (Å²) in [5, 5.41) is 8.68. The summed E-state index contributed by atoms with van der Waals surface area (Å²) in [6, 6.07) is 0. The lowest BCUT2D eigenvalue weighted by atomic mass is 10.1. The molecule has 0 heterocycles. The summed E-state index contributed by atoms with van der Waals surface area (Å²) in [6.07, 6.45) is 17.0. The van der Waals surface area contributed by atoms with E-state index in [1.54, 1.807) is 0 Å². The van der Waals surface area contributed by atoms with Gasteiger partial charge in [0.1, 0.15) is 0 Å². The number of hydrogen-bond donors (Lipinski definition) is 2. The van der Waals surface area contributed by atoms with Crippen LogP contribution in [0.25, 0.3) is 0 Å². The van der Waals surface area contributed by atoms with Gasteiger partial charge in [-0.25, -0.2) is 0 Å². The zero-order valence-corrected chi connectivity index (χ0v) is 15.7. The molecular formula is C18H39O3P. The lowest BCUT2D eigenvalue weighted by Gasteiger charge is -2.11. The first-order valence-corrected chi connectivity index (χ1v) is 11.6. The lowest BCUT2D eigenvalue weighted by Crippen LogP contribution is -1.96. The van der Waals surface area contributed by atoms with Crippen molar-refractivity contribution in [2.45, 2.75) is 96.8 Å². The van der Waals surface area contributed by atoms with Crippen molar-refractivity contribution in [1.29, 1.82) is 0 Å². The Balaban J connectivity index is 3.35. The molecule has 0 aromatic rings. The lowest BCUT2D eigenvalue weighted by molar-refractivity contribution is 0.282. The Morgan fingerprint density at radius 1 is 0.636 bits per heavy atom. The van der Waals surface area contributed by atoms with E-state index in [1.165, 1.54) is 51.4 Å². The van der Waals surface area contributed by atoms with Gasteiger partial charge in [0.2, 0.25) is 7.37 Å². The second kappa shape index (κ2) is 16.0. The van der Waals surface area contributed by atoms with Crippen LogP contribution in [0.5, 0.6) is 0 Å². The second-order valence-corrected chi connectivity index (χ2v) is 9.20. The third kappa shape index (κ3) is 16.5. The van der Waals surface area contributed by atoms with Crippen molar-refractivity contribution in [3.63, 3.8) is 0 Å². The van der Waals surface area contributed by atoms with Crippen LogP contribution < -0.4 is 0 Å². The first-order valence-electron chi connectivity index (χ1n) is 9.54. The fourth-order valence-electron chi connectivity index (χ4n) is 2.78. The Morgan fingerprint density at radius 2 is 1.00 bits per heavy atom. The van der Waals surface area contributed by atoms with Crippen LogP contribution in [0.2, 0.25) is 0 Å². The summed E-state index contributed by atoms with van der Waals surface area (Å²) in [4.78, 5) is 9.95. The number of unbranched alkanes of at least 4 members (excludes halogenated alkanes) is 12. The van der Waals surface area contributed by atoms with Gasteiger partial charge in [0.05, 0.1) is 0 Å². The van der Waals surface area contributed by atoms with E-state index in [1.807, 2.05) is 0 Å². The van der Waals surface area contributed by atoms with E-state index in [0.717, 1.165) is 38.5 Å². The molecule has 0 aliphatic heterocycles. The average molecular weight is 334 g/mol. The quantitative estimate of drug-likeness (QED) is 0.264. The minimum Gasteiger partial charge on any atom is -0.396 e. The maximum absolute atomic E-state index is 12.0. The van der Waals surface area contributed by atoms with Gasteiger partial charge in [0, 0.05) is 18.9 Å². The monoisotopic (exact) mass is 334 g/mol. The van der Waals surface area contributed by atoms with E-state index in [-0.39, 0.29) is 0 Å². The number of rotatable bonds is 17. The molecule has 0 saturated heterocycles. The van der Waals surface area contributed by atoms with E-state index in [9.17, 15) is 9.46 Å². The van der Waals surface area contributed by atoms with Crippen LogP contribution in [-0.4, -0.2) is 28.9 Å². The summed E-state index contributed by atoms with van der Waals surface area (Å²) in [5.74, 6) is 0. The SMILES string of the molecule is CCCCCCCCP(=O)(O)CCCCCCCCCCO. The van der Waals surface area contributed by atoms with Gasteiger partial charge < -0.3 is 10.00 Å². The van der Waals surface area contributed by atoms with Crippen LogP contribution in [0.1, 0.15) is 96.8 Å². The van der Waals surface area contributed by atoms with Crippen LogP contribution in [0.3, 0.4) is 0 Å². The highest BCUT2D eigenvalue weighted by Crippen LogP contribution is 2.42. The van der Waals surface area contributed by atoms with E-state index >= 15 is 0 Å². The molecule has 4 heteroatoms. The highest BCUT2D eigenvalue weighted by Gasteiger charge is 2.16. The normalized spacial score (nSPS) is 14.1. The smallest absolute Gasteiger partial charge is 0.200 e. The predicted octanol–water partition coefficient (Wildman–Crippen LogP) is 5.73. The fraction of sp³-hybridized carbons (Fsp3) is 1.00. The molecule has 0 radical (unpaired) electrons. The Morgan fingerprint density at radius 3 is 1.41 bits per heavy atom. The fourth-order valence-corrected chi connectivity index (χ4v) is 4.44. The van der Waals surface area contributed by atoms with Crippen molar-refractivity contribution < 1.29 is 14.6 Å². The van der Waals surface area contributed by atoms with E-state index < -0.39 is 7.37 Å². The molecule has 22 heavy (non-hydrogen) atoms. The molecule has 1 atom stereocenters. The highest BCUT2D eigenvalue weighted by molar-refractivity contribution is 7.57. The molecule has 0 bridgehead atoms. The summed E-state index contributed by atoms with van der Waals surface area (Å²) in [7, 11) is -2.85. The first kappa shape index (κ1) is 22.1. The zero-order valence-electron chi connectivity index (χ0n) is 14.8. The summed E-state index contributed by atoms with van der Waals surface area (Å²) < 4.78 is 12.0. The third-order valence-corrected chi connectivity index (χ3v) is 6.31. The first-order chi connectivity index (χ1) is 10.6. The van der Waals surface area contributed by atoms with Gasteiger partial charge in [0.15, 0.2) is 0 Å². The van der Waals surface area contributed by atoms with Gasteiger partial charge in [0.25, 0.3) is 0 Å². The molecule has 2 N–H and O–H groups in total. The van der Waals surface area contributed by atoms with Crippen molar-refractivity contribution in [2.75, 3.05) is 18.9 Å². The Bertz CT molecular complexity index is 269. The minimum atomic E-state index is -2.85. The van der Waals surface area contributed by atoms with Gasteiger partial charge >= 0.3 is 0 Å². The van der Waals surface area contributed by atoms with Crippen LogP contribution in [0, 0.1) is 0 Å². The minimum absolute atomic E-state index is 0.310. The second-order valence-electron chi connectivity index (χ2n) is 6.61. The topological polar surface area (TPSA) is 57.5 Å². The number of aliphatic hydroxyl groups excluding tert-OH is 1. The van der Waals surface area contributed by atoms with Crippen molar-refractivity contribution in [1.82, 2.24) is 0 Å². The molecule has 1 unspecified atom stereocenters. The zero-order chi connectivity index (χ0) is 16.5. The van der Waals surface area contributed by atoms with Crippen LogP contribution in [0.15, 0.2) is 0 Å². The van der Waals surface area contributed by atoms with Gasteiger partial charge in [-0.1, -0.05) is 77.6 Å². The number of aliphatic hydroxyl groups is 1. The molecule has 0 spiro atoms. The molecule has 0 amide bonds. The molecular weight excluding hydrogens is 295 g/mol. The highest BCUT2D eigenvalue weighted by atomic mass is 31.2. The van der Waals surface area contributed by atoms with Gasteiger partial charge in [-0.3, -0.25) is 4.57 Å². The van der Waals surface area contributed by atoms with Crippen molar-refractivity contribution in [2.24, 2.45) is 0 Å². The van der Waals surface area contributed by atoms with E-state index in [4.69, 9.17) is 5.11 Å². The van der Waals surface area contributed by atoms with Crippen LogP contribution in [-0.2, 0) is 4.57 Å². The van der Waals surface area contributed by atoms with Crippen molar-refractivity contribution >= 4 is 7.37 Å². The van der Waals surface area contributed by atoms with Gasteiger partial charge in [-0.15, -0.1) is 0 Å². The van der Waals surface area contributed by atoms with Gasteiger partial charge in [-0.05, 0) is 19.3 Å². The summed E-state index contributed by atoms with van der Waals surface area (Å²) in [5.41, 5.74) is 0. The molecule has 0 aromatic carbocycles. The van der Waals surface area contributed by atoms with Crippen LogP contribution >= 0.6 is 7.37 Å². The third-order valence-electron chi connectivity index (χ3n) is 4.28. The Kier molecular flexibility index (Phi) is 16.1. The predicted molar refractivity (Wildman–Crippen MR) is 97.0 cm³/mol. The standard InChI is InChI=1S/C18H39O3P/c1-2-3-4-5-11-14-17-22(20,21)18-15-12-9-7-6-8-10-13-16-19/h19H,2-18H2,1H3,(H,20,21). The molecule has 0 aliphatic rings. The molecule has 0 saturated carbocycles. The van der Waals surface area contributed by atoms with Crippen LogP contribution in [0.4, 0.5) is 0 Å². The molecule has 0 fully saturated rings. The van der Waals surface area contributed by atoms with Gasteiger partial charge in [-0.2, -0.15) is 0 Å². The largest absolute Gasteiger partial charge is 0.396 e. The molecule has 0 rings (SSSR count). The summed E-state index contributed by atoms with van der Waals surface area (Å²) >= 11 is 0. The van der Waals surface area contributed by atoms with Crippen molar-refractivity contribution in [3.8, 4) is 0 Å². The Hall–Kier alpha value is 0.150. The van der Waals surface area contributed by atoms with Crippen molar-refractivity contribution in [3.05, 3.63) is 0 Å². The Labute approximate surface area is 138 Å². The molecule has 3 nitrogen and oxygen atoms in total. The van der Waals surface area contributed by atoms with E-state index in [0.29, 0.717) is 18.9 Å². The maximum Gasteiger partial charge on any atom is 0.200 e. The number of hydrogen-bond acceptors (Lipinski definition) is 2. The average Bonchev–Trinajstić information content (AvgIpc) is 2.49. The molecule has 134 valence electrons. The van der Waals surface area contributed by atoms with E-state index in [2.05, 4.69) is 6.92 Å². The summed E-state index contributed by atoms with van der Waals surface area (Å²) in [6.45, 7) is 2.52. The maximum atomic E-state index is 12.0.